The molecule has 0 saturated heterocycles. The number of hydrogen-bond acceptors (Lipinski definition) is 4. The molecule has 2 heterocycles. The molecule has 126 valence electrons. The Morgan fingerprint density at radius 1 is 1.42 bits per heavy atom. The molecular formula is C17H17BrN2O3S. The number of nitrogens with one attached hydrogen (secondary N) is 1. The Morgan fingerprint density at radius 2 is 2.12 bits per heavy atom. The van der Waals surface area contributed by atoms with Gasteiger partial charge in [-0.1, -0.05) is 30.3 Å². The highest BCUT2D eigenvalue weighted by Gasteiger charge is 2.33. The summed E-state index contributed by atoms with van der Waals surface area (Å²) in [7, 11) is 0. The van der Waals surface area contributed by atoms with E-state index in [1.165, 1.54) is 16.2 Å². The molecular weight excluding hydrogens is 392 g/mol. The molecule has 1 aromatic heterocycles. The first-order chi connectivity index (χ1) is 11.5. The van der Waals surface area contributed by atoms with Crippen molar-refractivity contribution >= 4 is 44.3 Å². The number of benzene rings is 1. The molecule has 0 spiro atoms. The van der Waals surface area contributed by atoms with Crippen molar-refractivity contribution < 1.29 is 14.3 Å². The zero-order valence-electron chi connectivity index (χ0n) is 13.3. The highest BCUT2D eigenvalue weighted by atomic mass is 79.9. The van der Waals surface area contributed by atoms with Gasteiger partial charge in [-0.15, -0.1) is 11.3 Å². The third-order valence-electron chi connectivity index (χ3n) is 3.96. The van der Waals surface area contributed by atoms with E-state index in [9.17, 15) is 9.59 Å². The second-order valence-corrected chi connectivity index (χ2v) is 7.63. The number of carbonyl (C=O) groups is 2. The fourth-order valence-corrected chi connectivity index (χ4v) is 4.16. The fraction of sp³-hybridized carbons (Fsp3) is 0.294. The summed E-state index contributed by atoms with van der Waals surface area (Å²) in [4.78, 5) is 27.4. The predicted molar refractivity (Wildman–Crippen MR) is 97.0 cm³/mol. The summed E-state index contributed by atoms with van der Waals surface area (Å²) in [5, 5.41) is 3.68. The normalized spacial score (nSPS) is 17.0. The molecule has 0 unspecified atom stereocenters. The number of ether oxygens (including phenoxy) is 1. The topological polar surface area (TPSA) is 58.6 Å². The van der Waals surface area contributed by atoms with Crippen LogP contribution in [0.5, 0.6) is 0 Å². The Morgan fingerprint density at radius 3 is 2.83 bits per heavy atom. The summed E-state index contributed by atoms with van der Waals surface area (Å²) in [6.45, 7) is 4.18. The minimum atomic E-state index is -0.597. The van der Waals surface area contributed by atoms with E-state index >= 15 is 0 Å². The number of halogens is 1. The lowest BCUT2D eigenvalue weighted by molar-refractivity contribution is -0.120. The van der Waals surface area contributed by atoms with Gasteiger partial charge in [-0.25, -0.2) is 4.79 Å². The molecule has 1 aromatic carbocycles. The summed E-state index contributed by atoms with van der Waals surface area (Å²) >= 11 is 5.05. The average Bonchev–Trinajstić information content (AvgIpc) is 2.77. The summed E-state index contributed by atoms with van der Waals surface area (Å²) in [5.74, 6) is -0.209. The zero-order chi connectivity index (χ0) is 17.3. The third kappa shape index (κ3) is 3.32. The van der Waals surface area contributed by atoms with Crippen LogP contribution in [0.25, 0.3) is 0 Å². The van der Waals surface area contributed by atoms with Crippen LogP contribution >= 0.6 is 27.3 Å². The van der Waals surface area contributed by atoms with Crippen molar-refractivity contribution in [3.05, 3.63) is 50.8 Å². The molecule has 2 aromatic rings. The SMILES string of the molecule is Cc1sc2c(c1Br)CN(C(=O)OCc1ccccc1)[C@@H](C)C(=O)N2. The number of aryl methyl sites for hydroxylation is 1. The average molecular weight is 409 g/mol. The maximum absolute atomic E-state index is 12.5. The second kappa shape index (κ2) is 6.94. The van der Waals surface area contributed by atoms with Crippen LogP contribution in [0.1, 0.15) is 22.9 Å². The van der Waals surface area contributed by atoms with Gasteiger partial charge in [0.05, 0.1) is 6.54 Å². The lowest BCUT2D eigenvalue weighted by atomic mass is 10.2. The molecule has 1 aliphatic heterocycles. The lowest BCUT2D eigenvalue weighted by Crippen LogP contribution is -2.43. The van der Waals surface area contributed by atoms with Crippen molar-refractivity contribution in [1.29, 1.82) is 0 Å². The number of rotatable bonds is 2. The van der Waals surface area contributed by atoms with Gasteiger partial charge in [-0.3, -0.25) is 9.69 Å². The number of nitrogens with zero attached hydrogens (tertiary/aromatic N) is 1. The standard InChI is InChI=1S/C17H17BrN2O3S/c1-10-15(21)19-16-13(14(18)11(2)24-16)8-20(10)17(22)23-9-12-6-4-3-5-7-12/h3-7,10H,8-9H2,1-2H3,(H,19,21)/t10-/m0/s1. The lowest BCUT2D eigenvalue weighted by Gasteiger charge is -2.25. The molecule has 0 bridgehead atoms. The first-order valence-electron chi connectivity index (χ1n) is 7.53. The van der Waals surface area contributed by atoms with Crippen LogP contribution in [0.3, 0.4) is 0 Å². The summed E-state index contributed by atoms with van der Waals surface area (Å²) < 4.78 is 6.33. The van der Waals surface area contributed by atoms with Crippen LogP contribution in [-0.2, 0) is 22.7 Å². The quantitative estimate of drug-likeness (QED) is 0.805. The van der Waals surface area contributed by atoms with Crippen LogP contribution in [0.2, 0.25) is 0 Å². The Bertz CT molecular complexity index is 776. The maximum atomic E-state index is 12.5. The Kier molecular flexibility index (Phi) is 4.91. The molecule has 5 nitrogen and oxygen atoms in total. The van der Waals surface area contributed by atoms with Crippen molar-refractivity contribution in [1.82, 2.24) is 4.90 Å². The van der Waals surface area contributed by atoms with Gasteiger partial charge in [0.2, 0.25) is 5.91 Å². The monoisotopic (exact) mass is 408 g/mol. The number of anilines is 1. The number of amides is 2. The van der Waals surface area contributed by atoms with Gasteiger partial charge < -0.3 is 10.1 Å². The van der Waals surface area contributed by atoms with Crippen molar-refractivity contribution in [2.75, 3.05) is 5.32 Å². The van der Waals surface area contributed by atoms with Gasteiger partial charge in [0.25, 0.3) is 0 Å². The van der Waals surface area contributed by atoms with E-state index in [1.54, 1.807) is 6.92 Å². The van der Waals surface area contributed by atoms with E-state index in [2.05, 4.69) is 21.2 Å². The molecule has 0 fully saturated rings. The summed E-state index contributed by atoms with van der Waals surface area (Å²) in [5.41, 5.74) is 1.82. The second-order valence-electron chi connectivity index (χ2n) is 5.61. The largest absolute Gasteiger partial charge is 0.445 e. The predicted octanol–water partition coefficient (Wildman–Crippen LogP) is 4.30. The highest BCUT2D eigenvalue weighted by molar-refractivity contribution is 9.10. The Balaban J connectivity index is 1.79. The molecule has 1 aliphatic rings. The smallest absolute Gasteiger partial charge is 0.411 e. The molecule has 2 amide bonds. The minimum Gasteiger partial charge on any atom is -0.445 e. The van der Waals surface area contributed by atoms with Gasteiger partial charge in [0, 0.05) is 14.9 Å². The van der Waals surface area contributed by atoms with Crippen LogP contribution < -0.4 is 5.32 Å². The van der Waals surface area contributed by atoms with Crippen molar-refractivity contribution in [3.63, 3.8) is 0 Å². The number of carbonyl (C=O) groups excluding carboxylic acids is 2. The van der Waals surface area contributed by atoms with Crippen LogP contribution in [0.15, 0.2) is 34.8 Å². The van der Waals surface area contributed by atoms with Gasteiger partial charge >= 0.3 is 6.09 Å². The van der Waals surface area contributed by atoms with E-state index in [-0.39, 0.29) is 12.5 Å². The Hall–Kier alpha value is -1.86. The van der Waals surface area contributed by atoms with Crippen LogP contribution in [0.4, 0.5) is 9.80 Å². The maximum Gasteiger partial charge on any atom is 0.411 e. The molecule has 3 rings (SSSR count). The molecule has 0 radical (unpaired) electrons. The minimum absolute atomic E-state index is 0.182. The molecule has 7 heteroatoms. The van der Waals surface area contributed by atoms with E-state index in [4.69, 9.17) is 4.74 Å². The fourth-order valence-electron chi connectivity index (χ4n) is 2.50. The molecule has 0 saturated carbocycles. The highest BCUT2D eigenvalue weighted by Crippen LogP contribution is 2.39. The molecule has 24 heavy (non-hydrogen) atoms. The van der Waals surface area contributed by atoms with Crippen LogP contribution in [-0.4, -0.2) is 22.9 Å². The van der Waals surface area contributed by atoms with Gasteiger partial charge in [-0.05, 0) is 35.3 Å². The number of hydrogen-bond donors (Lipinski definition) is 1. The Labute approximate surface area is 152 Å². The summed E-state index contributed by atoms with van der Waals surface area (Å²) in [6, 6.07) is 8.88. The first kappa shape index (κ1) is 17.0. The zero-order valence-corrected chi connectivity index (χ0v) is 15.7. The molecule has 1 N–H and O–H groups in total. The van der Waals surface area contributed by atoms with Gasteiger partial charge in [0.15, 0.2) is 0 Å². The van der Waals surface area contributed by atoms with Crippen LogP contribution in [0, 0.1) is 6.92 Å². The van der Waals surface area contributed by atoms with Gasteiger partial charge in [0.1, 0.15) is 17.6 Å². The van der Waals surface area contributed by atoms with Crippen molar-refractivity contribution in [2.24, 2.45) is 0 Å². The van der Waals surface area contributed by atoms with E-state index in [0.717, 1.165) is 25.5 Å². The summed E-state index contributed by atoms with van der Waals surface area (Å²) in [6.07, 6.45) is -0.495. The first-order valence-corrected chi connectivity index (χ1v) is 9.14. The third-order valence-corrected chi connectivity index (χ3v) is 6.35. The van der Waals surface area contributed by atoms with Crippen molar-refractivity contribution in [3.8, 4) is 0 Å². The number of thiophene rings is 1. The van der Waals surface area contributed by atoms with Crippen molar-refractivity contribution in [2.45, 2.75) is 33.0 Å². The molecule has 0 aliphatic carbocycles. The van der Waals surface area contributed by atoms with E-state index in [0.29, 0.717) is 6.54 Å². The number of fused-ring (bicyclic) bond motifs is 1. The van der Waals surface area contributed by atoms with Gasteiger partial charge in [-0.2, -0.15) is 0 Å². The van der Waals surface area contributed by atoms with E-state index < -0.39 is 12.1 Å². The molecule has 1 atom stereocenters. The van der Waals surface area contributed by atoms with E-state index in [1.807, 2.05) is 37.3 Å².